The third-order valence-electron chi connectivity index (χ3n) is 4.02. The Morgan fingerprint density at radius 2 is 1.78 bits per heavy atom. The molecule has 3 aromatic rings. The molecule has 0 saturated carbocycles. The van der Waals surface area contributed by atoms with Crippen LogP contribution in [0.25, 0.3) is 11.3 Å². The van der Waals surface area contributed by atoms with Crippen LogP contribution in [0, 0.1) is 0 Å². The van der Waals surface area contributed by atoms with Crippen LogP contribution < -0.4 is 14.9 Å². The first-order chi connectivity index (χ1) is 13.1. The van der Waals surface area contributed by atoms with Gasteiger partial charge in [0.2, 0.25) is 0 Å². The van der Waals surface area contributed by atoms with Crippen molar-refractivity contribution in [3.8, 4) is 22.8 Å². The molecule has 0 aliphatic rings. The van der Waals surface area contributed by atoms with Crippen LogP contribution >= 0.6 is 0 Å². The van der Waals surface area contributed by atoms with E-state index in [0.29, 0.717) is 28.6 Å². The van der Waals surface area contributed by atoms with Gasteiger partial charge in [0.1, 0.15) is 5.69 Å². The van der Waals surface area contributed by atoms with Crippen molar-refractivity contribution in [1.82, 2.24) is 15.6 Å². The van der Waals surface area contributed by atoms with Crippen LogP contribution in [-0.4, -0.2) is 36.0 Å². The molecule has 1 aromatic heterocycles. The molecule has 7 heteroatoms. The van der Waals surface area contributed by atoms with E-state index in [0.717, 1.165) is 11.1 Å². The summed E-state index contributed by atoms with van der Waals surface area (Å²) in [5.74, 6) is 0.852. The molecule has 138 valence electrons. The molecule has 0 aliphatic carbocycles. The zero-order valence-electron chi connectivity index (χ0n) is 15.3. The third-order valence-corrected chi connectivity index (χ3v) is 4.02. The number of methoxy groups -OCH3 is 2. The van der Waals surface area contributed by atoms with Crippen molar-refractivity contribution in [3.63, 3.8) is 0 Å². The highest BCUT2D eigenvalue weighted by molar-refractivity contribution is 6.01. The molecular formula is C20H20N4O3. The number of nitrogens with zero attached hydrogens (tertiary/aromatic N) is 2. The summed E-state index contributed by atoms with van der Waals surface area (Å²) >= 11 is 0. The molecule has 27 heavy (non-hydrogen) atoms. The van der Waals surface area contributed by atoms with E-state index in [1.807, 2.05) is 36.4 Å². The molecule has 0 atom stereocenters. The van der Waals surface area contributed by atoms with Crippen LogP contribution in [0.4, 0.5) is 0 Å². The largest absolute Gasteiger partial charge is 0.493 e. The van der Waals surface area contributed by atoms with Gasteiger partial charge >= 0.3 is 0 Å². The second-order valence-corrected chi connectivity index (χ2v) is 5.74. The van der Waals surface area contributed by atoms with Crippen LogP contribution in [-0.2, 0) is 0 Å². The van der Waals surface area contributed by atoms with E-state index in [9.17, 15) is 4.79 Å². The van der Waals surface area contributed by atoms with E-state index in [-0.39, 0.29) is 5.91 Å². The molecule has 0 spiro atoms. The molecule has 0 bridgehead atoms. The van der Waals surface area contributed by atoms with Gasteiger partial charge in [0.05, 0.1) is 25.6 Å². The van der Waals surface area contributed by atoms with Gasteiger partial charge in [-0.15, -0.1) is 0 Å². The SMILES string of the molecule is COc1ccc(/C(C)=N/NC(=O)c2cc(-c3ccccc3)n[nH]2)cc1OC. The molecule has 2 aromatic carbocycles. The number of aromatic amines is 1. The molecule has 1 amide bonds. The lowest BCUT2D eigenvalue weighted by molar-refractivity contribution is 0.0950. The maximum Gasteiger partial charge on any atom is 0.289 e. The highest BCUT2D eigenvalue weighted by atomic mass is 16.5. The number of hydrogen-bond acceptors (Lipinski definition) is 5. The quantitative estimate of drug-likeness (QED) is 0.519. The Kier molecular flexibility index (Phi) is 5.51. The van der Waals surface area contributed by atoms with Crippen molar-refractivity contribution in [2.24, 2.45) is 5.10 Å². The lowest BCUT2D eigenvalue weighted by Gasteiger charge is -2.09. The molecular weight excluding hydrogens is 344 g/mol. The number of benzene rings is 2. The third kappa shape index (κ3) is 4.14. The molecule has 0 saturated heterocycles. The van der Waals surface area contributed by atoms with E-state index in [1.54, 1.807) is 39.3 Å². The topological polar surface area (TPSA) is 88.6 Å². The van der Waals surface area contributed by atoms with Gasteiger partial charge in [-0.05, 0) is 31.2 Å². The fourth-order valence-corrected chi connectivity index (χ4v) is 2.52. The first kappa shape index (κ1) is 18.2. The number of H-pyrrole nitrogens is 1. The second kappa shape index (κ2) is 8.18. The minimum atomic E-state index is -0.371. The zero-order valence-corrected chi connectivity index (χ0v) is 15.3. The molecule has 0 unspecified atom stereocenters. The highest BCUT2D eigenvalue weighted by Crippen LogP contribution is 2.27. The predicted octanol–water partition coefficient (Wildman–Crippen LogP) is 3.25. The van der Waals surface area contributed by atoms with Crippen LogP contribution in [0.5, 0.6) is 11.5 Å². The number of amides is 1. The smallest absolute Gasteiger partial charge is 0.289 e. The highest BCUT2D eigenvalue weighted by Gasteiger charge is 2.11. The molecule has 3 rings (SSSR count). The number of carbonyl (C=O) groups excluding carboxylic acids is 1. The maximum atomic E-state index is 12.3. The Bertz CT molecular complexity index is 964. The van der Waals surface area contributed by atoms with Gasteiger partial charge in [0.15, 0.2) is 11.5 Å². The summed E-state index contributed by atoms with van der Waals surface area (Å²) in [6.07, 6.45) is 0. The average Bonchev–Trinajstić information content (AvgIpc) is 3.22. The first-order valence-corrected chi connectivity index (χ1v) is 8.30. The lowest BCUT2D eigenvalue weighted by atomic mass is 10.1. The molecule has 2 N–H and O–H groups in total. The lowest BCUT2D eigenvalue weighted by Crippen LogP contribution is -2.19. The second-order valence-electron chi connectivity index (χ2n) is 5.74. The summed E-state index contributed by atoms with van der Waals surface area (Å²) in [6, 6.07) is 16.7. The Morgan fingerprint density at radius 3 is 2.48 bits per heavy atom. The zero-order chi connectivity index (χ0) is 19.2. The molecule has 0 radical (unpaired) electrons. The van der Waals surface area contributed by atoms with E-state index >= 15 is 0 Å². The van der Waals surface area contributed by atoms with Gasteiger partial charge in [-0.3, -0.25) is 9.89 Å². The predicted molar refractivity (Wildman–Crippen MR) is 103 cm³/mol. The standard InChI is InChI=1S/C20H20N4O3/c1-13(15-9-10-18(26-2)19(11-15)27-3)21-24-20(25)17-12-16(22-23-17)14-7-5-4-6-8-14/h4-12H,1-3H3,(H,22,23)(H,24,25)/b21-13+. The summed E-state index contributed by atoms with van der Waals surface area (Å²) < 4.78 is 10.5. The minimum Gasteiger partial charge on any atom is -0.493 e. The fraction of sp³-hybridized carbons (Fsp3) is 0.150. The van der Waals surface area contributed by atoms with Crippen molar-refractivity contribution in [3.05, 3.63) is 65.9 Å². The number of hydrogen-bond donors (Lipinski definition) is 2. The van der Waals surface area contributed by atoms with Gasteiger partial charge in [0, 0.05) is 11.1 Å². The molecule has 7 nitrogen and oxygen atoms in total. The van der Waals surface area contributed by atoms with Crippen molar-refractivity contribution in [1.29, 1.82) is 0 Å². The van der Waals surface area contributed by atoms with E-state index < -0.39 is 0 Å². The summed E-state index contributed by atoms with van der Waals surface area (Å²) in [5, 5.41) is 11.1. The number of nitrogens with one attached hydrogen (secondary N) is 2. The summed E-state index contributed by atoms with van der Waals surface area (Å²) in [6.45, 7) is 1.80. The number of rotatable bonds is 6. The first-order valence-electron chi connectivity index (χ1n) is 8.30. The van der Waals surface area contributed by atoms with Gasteiger partial charge in [-0.2, -0.15) is 10.2 Å². The van der Waals surface area contributed by atoms with Crippen LogP contribution in [0.15, 0.2) is 59.7 Å². The normalized spacial score (nSPS) is 11.1. The average molecular weight is 364 g/mol. The molecule has 0 fully saturated rings. The number of carbonyl (C=O) groups is 1. The minimum absolute atomic E-state index is 0.331. The van der Waals surface area contributed by atoms with Crippen molar-refractivity contribution in [2.45, 2.75) is 6.92 Å². The van der Waals surface area contributed by atoms with Crippen LogP contribution in [0.2, 0.25) is 0 Å². The van der Waals surface area contributed by atoms with Crippen LogP contribution in [0.1, 0.15) is 23.0 Å². The van der Waals surface area contributed by atoms with Crippen molar-refractivity contribution < 1.29 is 14.3 Å². The summed E-state index contributed by atoms with van der Waals surface area (Å²) in [5.41, 5.74) is 5.93. The van der Waals surface area contributed by atoms with E-state index in [4.69, 9.17) is 9.47 Å². The van der Waals surface area contributed by atoms with Gasteiger partial charge < -0.3 is 9.47 Å². The van der Waals surface area contributed by atoms with Gasteiger partial charge in [-0.25, -0.2) is 5.43 Å². The Labute approximate surface area is 157 Å². The number of hydrazone groups is 1. The maximum absolute atomic E-state index is 12.3. The van der Waals surface area contributed by atoms with Crippen LogP contribution in [0.3, 0.4) is 0 Å². The number of aromatic nitrogens is 2. The monoisotopic (exact) mass is 364 g/mol. The fourth-order valence-electron chi connectivity index (χ4n) is 2.52. The van der Waals surface area contributed by atoms with E-state index in [1.165, 1.54) is 0 Å². The Balaban J connectivity index is 1.72. The Morgan fingerprint density at radius 1 is 1.04 bits per heavy atom. The van der Waals surface area contributed by atoms with E-state index in [2.05, 4.69) is 20.7 Å². The summed E-state index contributed by atoms with van der Waals surface area (Å²) in [7, 11) is 3.14. The van der Waals surface area contributed by atoms with Gasteiger partial charge in [0.25, 0.3) is 5.91 Å². The summed E-state index contributed by atoms with van der Waals surface area (Å²) in [4.78, 5) is 12.3. The van der Waals surface area contributed by atoms with Crippen molar-refractivity contribution >= 4 is 11.6 Å². The molecule has 0 aliphatic heterocycles. The number of ether oxygens (including phenoxy) is 2. The Hall–Kier alpha value is -3.61. The van der Waals surface area contributed by atoms with Gasteiger partial charge in [-0.1, -0.05) is 30.3 Å². The molecule has 1 heterocycles. The van der Waals surface area contributed by atoms with Crippen molar-refractivity contribution in [2.75, 3.05) is 14.2 Å².